The largest absolute Gasteiger partial charge is 0.514 e. The van der Waals surface area contributed by atoms with Crippen molar-refractivity contribution in [3.05, 3.63) is 83.2 Å². The Morgan fingerprint density at radius 2 is 1.49 bits per heavy atom. The molecule has 0 bridgehead atoms. The fourth-order valence-corrected chi connectivity index (χ4v) is 5.65. The molecule has 1 aliphatic rings. The summed E-state index contributed by atoms with van der Waals surface area (Å²) in [4.78, 5) is 26.5. The van der Waals surface area contributed by atoms with Crippen LogP contribution < -0.4 is 14.2 Å². The molecule has 4 rings (SSSR count). The lowest BCUT2D eigenvalue weighted by molar-refractivity contribution is 0.0202. The number of amides is 1. The number of sulfonamides is 1. The van der Waals surface area contributed by atoms with Crippen LogP contribution in [0.4, 0.5) is 14.0 Å². The van der Waals surface area contributed by atoms with Gasteiger partial charge in [-0.2, -0.15) is 4.31 Å². The average molecular weight is 616 g/mol. The molecule has 1 atom stereocenters. The summed E-state index contributed by atoms with van der Waals surface area (Å²) in [6, 6.07) is 12.0. The van der Waals surface area contributed by atoms with Gasteiger partial charge in [-0.3, -0.25) is 0 Å². The van der Waals surface area contributed by atoms with E-state index in [0.29, 0.717) is 4.31 Å². The van der Waals surface area contributed by atoms with Crippen LogP contribution in [0.3, 0.4) is 0 Å². The Kier molecular flexibility index (Phi) is 8.64. The Morgan fingerprint density at radius 3 is 2.07 bits per heavy atom. The van der Waals surface area contributed by atoms with Gasteiger partial charge in [0.1, 0.15) is 28.8 Å². The highest BCUT2D eigenvalue weighted by atomic mass is 32.2. The minimum absolute atomic E-state index is 0.0365. The van der Waals surface area contributed by atoms with E-state index in [4.69, 9.17) is 23.7 Å². The molecule has 0 spiro atoms. The van der Waals surface area contributed by atoms with E-state index >= 15 is 0 Å². The van der Waals surface area contributed by atoms with Gasteiger partial charge in [-0.25, -0.2) is 22.4 Å². The molecule has 0 saturated carbocycles. The summed E-state index contributed by atoms with van der Waals surface area (Å²) >= 11 is 0. The molecule has 12 heteroatoms. The maximum atomic E-state index is 14.7. The standard InChI is InChI=1S/C31H34FNO9S/c1-19-11-13-22(14-12-19)43(36,37)33(28(34)41-30(2,3)4)27(20-9-8-10-21(32)15-20)23-16-25-26(39-18-38-25)17-24(23)40-29(35)42-31(5,6)7/h8-17,27H,18H2,1-7H3/t27-/m1/s1. The van der Waals surface area contributed by atoms with E-state index in [9.17, 15) is 22.4 Å². The molecule has 3 aromatic rings. The number of nitrogens with zero attached hydrogens (tertiary/aromatic N) is 1. The first kappa shape index (κ1) is 31.6. The number of hydrogen-bond donors (Lipinski definition) is 0. The summed E-state index contributed by atoms with van der Waals surface area (Å²) in [5.74, 6) is -0.523. The Morgan fingerprint density at radius 1 is 0.884 bits per heavy atom. The zero-order valence-electron chi connectivity index (χ0n) is 25.0. The molecule has 1 aliphatic heterocycles. The Labute approximate surface area is 250 Å². The Bertz CT molecular complexity index is 1620. The van der Waals surface area contributed by atoms with Crippen LogP contribution in [0.15, 0.2) is 65.6 Å². The van der Waals surface area contributed by atoms with Gasteiger partial charge in [-0.15, -0.1) is 0 Å². The highest BCUT2D eigenvalue weighted by Crippen LogP contribution is 2.46. The van der Waals surface area contributed by atoms with Gasteiger partial charge in [-0.05, 0) is 84.4 Å². The summed E-state index contributed by atoms with van der Waals surface area (Å²) in [7, 11) is -4.69. The van der Waals surface area contributed by atoms with Gasteiger partial charge in [0.05, 0.1) is 4.90 Å². The van der Waals surface area contributed by atoms with Gasteiger partial charge >= 0.3 is 12.2 Å². The monoisotopic (exact) mass is 615 g/mol. The van der Waals surface area contributed by atoms with Crippen molar-refractivity contribution < 1.29 is 46.1 Å². The van der Waals surface area contributed by atoms with E-state index in [1.54, 1.807) is 60.6 Å². The van der Waals surface area contributed by atoms with Crippen molar-refractivity contribution in [2.75, 3.05) is 6.79 Å². The van der Waals surface area contributed by atoms with Crippen molar-refractivity contribution in [1.29, 1.82) is 0 Å². The van der Waals surface area contributed by atoms with Gasteiger partial charge < -0.3 is 23.7 Å². The molecule has 0 unspecified atom stereocenters. The predicted molar refractivity (Wildman–Crippen MR) is 154 cm³/mol. The lowest BCUT2D eigenvalue weighted by Crippen LogP contribution is -2.43. The second-order valence-corrected chi connectivity index (χ2v) is 13.7. The number of aryl methyl sites for hydroxylation is 1. The molecule has 1 amide bonds. The van der Waals surface area contributed by atoms with Crippen molar-refractivity contribution in [2.45, 2.75) is 70.6 Å². The van der Waals surface area contributed by atoms with Crippen molar-refractivity contribution in [3.63, 3.8) is 0 Å². The number of carbonyl (C=O) groups is 2. The SMILES string of the molecule is Cc1ccc(S(=O)(=O)N(C(=O)OC(C)(C)C)[C@H](c2cccc(F)c2)c2cc3c(cc2OC(=O)OC(C)(C)C)OCO3)cc1. The van der Waals surface area contributed by atoms with E-state index < -0.39 is 45.3 Å². The molecular formula is C31H34FNO9S. The molecule has 230 valence electrons. The van der Waals surface area contributed by atoms with Crippen LogP contribution in [-0.4, -0.2) is 43.0 Å². The van der Waals surface area contributed by atoms with E-state index in [2.05, 4.69) is 0 Å². The summed E-state index contributed by atoms with van der Waals surface area (Å²) in [5, 5.41) is 0. The van der Waals surface area contributed by atoms with Crippen LogP contribution >= 0.6 is 0 Å². The topological polar surface area (TPSA) is 118 Å². The molecule has 3 aromatic carbocycles. The number of ether oxygens (including phenoxy) is 5. The number of fused-ring (bicyclic) bond motifs is 1. The number of benzene rings is 3. The quantitative estimate of drug-likeness (QED) is 0.216. The third kappa shape index (κ3) is 7.56. The molecule has 0 aromatic heterocycles. The first-order chi connectivity index (χ1) is 19.9. The van der Waals surface area contributed by atoms with Crippen LogP contribution in [0.5, 0.6) is 17.2 Å². The fraction of sp³-hybridized carbons (Fsp3) is 0.355. The molecule has 0 fully saturated rings. The first-order valence-corrected chi connectivity index (χ1v) is 14.8. The van der Waals surface area contributed by atoms with Crippen molar-refractivity contribution >= 4 is 22.3 Å². The van der Waals surface area contributed by atoms with Crippen LogP contribution in [0.1, 0.15) is 64.3 Å². The minimum atomic E-state index is -4.69. The second-order valence-electron chi connectivity index (χ2n) is 11.9. The van der Waals surface area contributed by atoms with Crippen LogP contribution in [-0.2, 0) is 19.5 Å². The van der Waals surface area contributed by atoms with E-state index in [0.717, 1.165) is 11.6 Å². The lowest BCUT2D eigenvalue weighted by Gasteiger charge is -2.34. The molecular weight excluding hydrogens is 581 g/mol. The summed E-state index contributed by atoms with van der Waals surface area (Å²) in [5.41, 5.74) is -1.26. The van der Waals surface area contributed by atoms with Gasteiger partial charge in [0.2, 0.25) is 6.79 Å². The minimum Gasteiger partial charge on any atom is -0.454 e. The van der Waals surface area contributed by atoms with Crippen molar-refractivity contribution in [2.24, 2.45) is 0 Å². The number of rotatable bonds is 6. The Balaban J connectivity index is 2.02. The molecule has 0 aliphatic carbocycles. The molecule has 0 radical (unpaired) electrons. The maximum absolute atomic E-state index is 14.7. The van der Waals surface area contributed by atoms with Crippen molar-refractivity contribution in [1.82, 2.24) is 4.31 Å². The number of hydrogen-bond acceptors (Lipinski definition) is 9. The van der Waals surface area contributed by atoms with Gasteiger partial charge in [0, 0.05) is 11.6 Å². The summed E-state index contributed by atoms with van der Waals surface area (Å²) < 4.78 is 71.4. The van der Waals surface area contributed by atoms with Crippen molar-refractivity contribution in [3.8, 4) is 17.2 Å². The smallest absolute Gasteiger partial charge is 0.454 e. The van der Waals surface area contributed by atoms with Gasteiger partial charge in [0.25, 0.3) is 10.0 Å². The Hall–Kier alpha value is -4.32. The molecule has 43 heavy (non-hydrogen) atoms. The van der Waals surface area contributed by atoms with E-state index in [1.807, 2.05) is 0 Å². The fourth-order valence-electron chi connectivity index (χ4n) is 4.19. The first-order valence-electron chi connectivity index (χ1n) is 13.4. The van der Waals surface area contributed by atoms with Crippen LogP contribution in [0.25, 0.3) is 0 Å². The van der Waals surface area contributed by atoms with Gasteiger partial charge in [0.15, 0.2) is 11.5 Å². The molecule has 0 N–H and O–H groups in total. The summed E-state index contributed by atoms with van der Waals surface area (Å²) in [6.45, 7) is 11.3. The second kappa shape index (κ2) is 11.8. The highest BCUT2D eigenvalue weighted by molar-refractivity contribution is 7.89. The zero-order valence-corrected chi connectivity index (χ0v) is 25.8. The third-order valence-electron chi connectivity index (χ3n) is 5.93. The maximum Gasteiger partial charge on any atom is 0.514 e. The zero-order chi connectivity index (χ0) is 31.7. The number of halogens is 1. The molecule has 10 nitrogen and oxygen atoms in total. The van der Waals surface area contributed by atoms with Crippen LogP contribution in [0, 0.1) is 12.7 Å². The number of carbonyl (C=O) groups excluding carboxylic acids is 2. The molecule has 0 saturated heterocycles. The van der Waals surface area contributed by atoms with Gasteiger partial charge in [-0.1, -0.05) is 29.8 Å². The highest BCUT2D eigenvalue weighted by Gasteiger charge is 2.43. The third-order valence-corrected chi connectivity index (χ3v) is 7.68. The van der Waals surface area contributed by atoms with E-state index in [-0.39, 0.29) is 40.1 Å². The van der Waals surface area contributed by atoms with E-state index in [1.165, 1.54) is 42.5 Å². The predicted octanol–water partition coefficient (Wildman–Crippen LogP) is 6.89. The van der Waals surface area contributed by atoms with Crippen LogP contribution in [0.2, 0.25) is 0 Å². The molecule has 1 heterocycles. The summed E-state index contributed by atoms with van der Waals surface area (Å²) in [6.07, 6.45) is -2.35. The average Bonchev–Trinajstić information content (AvgIpc) is 3.32. The lowest BCUT2D eigenvalue weighted by atomic mass is 9.97. The normalized spacial score (nSPS) is 13.7.